The quantitative estimate of drug-likeness (QED) is 0.453. The van der Waals surface area contributed by atoms with Crippen molar-refractivity contribution in [3.63, 3.8) is 0 Å². The zero-order chi connectivity index (χ0) is 16.6. The molecular weight excluding hydrogens is 300 g/mol. The molecule has 0 saturated carbocycles. The average molecular weight is 310 g/mol. The van der Waals surface area contributed by atoms with Crippen molar-refractivity contribution in [2.75, 3.05) is 0 Å². The van der Waals surface area contributed by atoms with Gasteiger partial charge in [0.05, 0.1) is 16.1 Å². The van der Waals surface area contributed by atoms with Gasteiger partial charge in [0.15, 0.2) is 6.29 Å². The van der Waals surface area contributed by atoms with Crippen molar-refractivity contribution in [3.8, 4) is 5.69 Å². The van der Waals surface area contributed by atoms with E-state index in [9.17, 15) is 24.8 Å². The summed E-state index contributed by atoms with van der Waals surface area (Å²) in [5.74, 6) is -1.16. The Kier molecular flexibility index (Phi) is 3.38. The molecule has 3 aromatic rings. The summed E-state index contributed by atoms with van der Waals surface area (Å²) in [6.07, 6.45) is 0.475. The minimum Gasteiger partial charge on any atom is -0.477 e. The van der Waals surface area contributed by atoms with Crippen LogP contribution in [0.2, 0.25) is 0 Å². The molecule has 114 valence electrons. The highest BCUT2D eigenvalue weighted by molar-refractivity contribution is 5.97. The van der Waals surface area contributed by atoms with E-state index in [-0.39, 0.29) is 22.6 Å². The molecule has 23 heavy (non-hydrogen) atoms. The number of para-hydroxylation sites is 1. The van der Waals surface area contributed by atoms with Gasteiger partial charge in [-0.05, 0) is 18.2 Å². The number of aldehydes is 1. The minimum atomic E-state index is -1.16. The first-order valence-corrected chi connectivity index (χ1v) is 6.60. The summed E-state index contributed by atoms with van der Waals surface area (Å²) < 4.78 is 1.41. The zero-order valence-electron chi connectivity index (χ0n) is 11.7. The summed E-state index contributed by atoms with van der Waals surface area (Å²) >= 11 is 0. The van der Waals surface area contributed by atoms with E-state index in [0.29, 0.717) is 17.2 Å². The summed E-state index contributed by atoms with van der Waals surface area (Å²) in [5.41, 5.74) is 0.668. The van der Waals surface area contributed by atoms with Gasteiger partial charge in [-0.15, -0.1) is 0 Å². The maximum absolute atomic E-state index is 11.5. The number of hydrogen-bond acceptors (Lipinski definition) is 4. The summed E-state index contributed by atoms with van der Waals surface area (Å²) in [6.45, 7) is 0. The van der Waals surface area contributed by atoms with Gasteiger partial charge in [0.25, 0.3) is 5.69 Å². The highest BCUT2D eigenvalue weighted by Gasteiger charge is 2.19. The fourth-order valence-corrected chi connectivity index (χ4v) is 2.53. The molecule has 0 saturated heterocycles. The molecule has 0 radical (unpaired) electrons. The Bertz CT molecular complexity index is 958. The first-order valence-electron chi connectivity index (χ1n) is 6.60. The van der Waals surface area contributed by atoms with E-state index in [1.54, 1.807) is 24.3 Å². The maximum Gasteiger partial charge on any atom is 0.352 e. The van der Waals surface area contributed by atoms with Crippen LogP contribution in [0.3, 0.4) is 0 Å². The Morgan fingerprint density at radius 3 is 2.57 bits per heavy atom. The Labute approximate surface area is 129 Å². The summed E-state index contributed by atoms with van der Waals surface area (Å²) in [7, 11) is 0. The van der Waals surface area contributed by atoms with Crippen molar-refractivity contribution in [2.24, 2.45) is 0 Å². The van der Waals surface area contributed by atoms with Crippen molar-refractivity contribution in [1.29, 1.82) is 0 Å². The molecule has 0 aliphatic heterocycles. The van der Waals surface area contributed by atoms with Crippen molar-refractivity contribution >= 4 is 28.8 Å². The van der Waals surface area contributed by atoms with Crippen LogP contribution in [-0.2, 0) is 0 Å². The molecular formula is C16H10N2O5. The maximum atomic E-state index is 11.5. The number of carboxylic acid groups (broad SMARTS) is 1. The number of fused-ring (bicyclic) bond motifs is 1. The van der Waals surface area contributed by atoms with E-state index in [2.05, 4.69) is 0 Å². The number of hydrogen-bond donors (Lipinski definition) is 1. The molecule has 7 heteroatoms. The van der Waals surface area contributed by atoms with Crippen LogP contribution in [0.25, 0.3) is 16.6 Å². The van der Waals surface area contributed by atoms with Crippen molar-refractivity contribution in [1.82, 2.24) is 4.57 Å². The smallest absolute Gasteiger partial charge is 0.352 e. The second kappa shape index (κ2) is 5.38. The van der Waals surface area contributed by atoms with Crippen molar-refractivity contribution in [2.45, 2.75) is 0 Å². The number of aromatic carboxylic acids is 1. The van der Waals surface area contributed by atoms with Gasteiger partial charge in [0, 0.05) is 23.1 Å². The molecule has 7 nitrogen and oxygen atoms in total. The van der Waals surface area contributed by atoms with Gasteiger partial charge >= 0.3 is 5.97 Å². The lowest BCUT2D eigenvalue weighted by Crippen LogP contribution is -2.08. The number of rotatable bonds is 4. The number of carbonyl (C=O) groups excluding carboxylic acids is 1. The third-order valence-electron chi connectivity index (χ3n) is 3.52. The van der Waals surface area contributed by atoms with Gasteiger partial charge in [0.1, 0.15) is 5.69 Å². The van der Waals surface area contributed by atoms with E-state index < -0.39 is 10.9 Å². The number of nitrogens with zero attached hydrogens (tertiary/aromatic N) is 2. The number of carboxylic acids is 1. The Balaban J connectivity index is 2.36. The second-order valence-corrected chi connectivity index (χ2v) is 4.85. The van der Waals surface area contributed by atoms with Gasteiger partial charge in [-0.3, -0.25) is 14.9 Å². The molecule has 0 aliphatic rings. The SMILES string of the molecule is O=Cc1cc([N+](=O)[O-])ccc1-n1c(C(=O)O)cc2ccccc21. The van der Waals surface area contributed by atoms with Crippen molar-refractivity contribution in [3.05, 3.63) is 69.9 Å². The summed E-state index contributed by atoms with van der Waals surface area (Å²) in [4.78, 5) is 33.1. The van der Waals surface area contributed by atoms with Crippen LogP contribution in [0.1, 0.15) is 20.8 Å². The molecule has 1 aromatic heterocycles. The number of aromatic nitrogens is 1. The van der Waals surface area contributed by atoms with Crippen LogP contribution in [0.5, 0.6) is 0 Å². The van der Waals surface area contributed by atoms with Crippen LogP contribution in [-0.4, -0.2) is 26.9 Å². The van der Waals surface area contributed by atoms with Crippen LogP contribution in [0.15, 0.2) is 48.5 Å². The molecule has 3 rings (SSSR count). The number of carbonyl (C=O) groups is 2. The van der Waals surface area contributed by atoms with Gasteiger partial charge < -0.3 is 9.67 Å². The Morgan fingerprint density at radius 1 is 1.17 bits per heavy atom. The molecule has 2 aromatic carbocycles. The molecule has 1 N–H and O–H groups in total. The van der Waals surface area contributed by atoms with Crippen LogP contribution in [0.4, 0.5) is 5.69 Å². The third kappa shape index (κ3) is 2.34. The van der Waals surface area contributed by atoms with E-state index >= 15 is 0 Å². The highest BCUT2D eigenvalue weighted by Crippen LogP contribution is 2.28. The molecule has 0 spiro atoms. The average Bonchev–Trinajstić information content (AvgIpc) is 2.93. The predicted octanol–water partition coefficient (Wildman–Crippen LogP) is 3.05. The predicted molar refractivity (Wildman–Crippen MR) is 82.3 cm³/mol. The van der Waals surface area contributed by atoms with Gasteiger partial charge in [-0.2, -0.15) is 0 Å². The van der Waals surface area contributed by atoms with Gasteiger partial charge in [-0.1, -0.05) is 18.2 Å². The molecule has 1 heterocycles. The minimum absolute atomic E-state index is 0.0249. The Morgan fingerprint density at radius 2 is 1.91 bits per heavy atom. The van der Waals surface area contributed by atoms with E-state index in [1.807, 2.05) is 0 Å². The third-order valence-corrected chi connectivity index (χ3v) is 3.52. The topological polar surface area (TPSA) is 102 Å². The molecule has 0 fully saturated rings. The van der Waals surface area contributed by atoms with Gasteiger partial charge in [0.2, 0.25) is 0 Å². The lowest BCUT2D eigenvalue weighted by atomic mass is 10.1. The van der Waals surface area contributed by atoms with E-state index in [4.69, 9.17) is 0 Å². The largest absolute Gasteiger partial charge is 0.477 e. The molecule has 0 aliphatic carbocycles. The monoisotopic (exact) mass is 310 g/mol. The molecule has 0 unspecified atom stereocenters. The lowest BCUT2D eigenvalue weighted by Gasteiger charge is -2.10. The van der Waals surface area contributed by atoms with E-state index in [1.165, 1.54) is 22.8 Å². The van der Waals surface area contributed by atoms with Crippen molar-refractivity contribution < 1.29 is 19.6 Å². The summed E-state index contributed by atoms with van der Waals surface area (Å²) in [5, 5.41) is 21.0. The number of benzene rings is 2. The normalized spacial score (nSPS) is 10.6. The van der Waals surface area contributed by atoms with Crippen LogP contribution in [0, 0.1) is 10.1 Å². The number of nitro groups is 1. The first kappa shape index (κ1) is 14.5. The van der Waals surface area contributed by atoms with Crippen LogP contribution >= 0.6 is 0 Å². The fraction of sp³-hybridized carbons (Fsp3) is 0. The van der Waals surface area contributed by atoms with E-state index in [0.717, 1.165) is 6.07 Å². The first-order chi connectivity index (χ1) is 11.0. The lowest BCUT2D eigenvalue weighted by molar-refractivity contribution is -0.384. The number of non-ortho nitro benzene ring substituents is 1. The molecule has 0 atom stereocenters. The fourth-order valence-electron chi connectivity index (χ4n) is 2.53. The molecule has 0 amide bonds. The standard InChI is InChI=1S/C16H10N2O5/c19-9-11-7-12(18(22)23)5-6-14(11)17-13-4-2-1-3-10(13)8-15(17)16(20)21/h1-9H,(H,20,21). The van der Waals surface area contributed by atoms with Crippen LogP contribution < -0.4 is 0 Å². The summed E-state index contributed by atoms with van der Waals surface area (Å²) in [6, 6.07) is 12.2. The molecule has 0 bridgehead atoms. The zero-order valence-corrected chi connectivity index (χ0v) is 11.7. The Hall–Kier alpha value is -3.48. The van der Waals surface area contributed by atoms with Gasteiger partial charge in [-0.25, -0.2) is 4.79 Å². The highest BCUT2D eigenvalue weighted by atomic mass is 16.6. The second-order valence-electron chi connectivity index (χ2n) is 4.85. The number of nitro benzene ring substituents is 1.